The van der Waals surface area contributed by atoms with Gasteiger partial charge >= 0.3 is 0 Å². The van der Waals surface area contributed by atoms with E-state index in [0.29, 0.717) is 12.1 Å². The van der Waals surface area contributed by atoms with Crippen LogP contribution in [0.2, 0.25) is 0 Å². The first kappa shape index (κ1) is 12.2. The van der Waals surface area contributed by atoms with E-state index in [1.807, 2.05) is 0 Å². The average Bonchev–Trinajstić information content (AvgIpc) is 2.74. The van der Waals surface area contributed by atoms with Crippen molar-refractivity contribution in [2.75, 3.05) is 24.3 Å². The molecule has 1 atom stereocenters. The second-order valence-corrected chi connectivity index (χ2v) is 6.40. The van der Waals surface area contributed by atoms with Crippen LogP contribution in [0.1, 0.15) is 18.2 Å². The minimum atomic E-state index is -3.03. The SMILES string of the molecule is COCc1[nH]n(C2CCS(=O)(=O)C2)c(=O)c1N. The molecule has 7 nitrogen and oxygen atoms in total. The lowest BCUT2D eigenvalue weighted by molar-refractivity contribution is 0.181. The van der Waals surface area contributed by atoms with Crippen molar-refractivity contribution in [2.24, 2.45) is 0 Å². The Kier molecular flexibility index (Phi) is 3.00. The third-order valence-electron chi connectivity index (χ3n) is 2.89. The maximum atomic E-state index is 11.8. The Morgan fingerprint density at radius 1 is 1.59 bits per heavy atom. The third kappa shape index (κ3) is 2.22. The average molecular weight is 261 g/mol. The minimum Gasteiger partial charge on any atom is -0.393 e. The van der Waals surface area contributed by atoms with Crippen LogP contribution >= 0.6 is 0 Å². The molecule has 0 amide bonds. The zero-order valence-electron chi connectivity index (χ0n) is 9.47. The van der Waals surface area contributed by atoms with Crippen LogP contribution in [-0.2, 0) is 21.2 Å². The van der Waals surface area contributed by atoms with Gasteiger partial charge < -0.3 is 10.5 Å². The van der Waals surface area contributed by atoms with Crippen molar-refractivity contribution in [1.29, 1.82) is 0 Å². The number of H-pyrrole nitrogens is 1. The lowest BCUT2D eigenvalue weighted by Crippen LogP contribution is -2.24. The summed E-state index contributed by atoms with van der Waals surface area (Å²) < 4.78 is 28.9. The lowest BCUT2D eigenvalue weighted by Gasteiger charge is -2.07. The zero-order chi connectivity index (χ0) is 12.6. The third-order valence-corrected chi connectivity index (χ3v) is 4.64. The highest BCUT2D eigenvalue weighted by Crippen LogP contribution is 2.22. The van der Waals surface area contributed by atoms with E-state index in [4.69, 9.17) is 10.5 Å². The number of rotatable bonds is 3. The molecule has 1 saturated heterocycles. The van der Waals surface area contributed by atoms with Crippen molar-refractivity contribution in [3.8, 4) is 0 Å². The largest absolute Gasteiger partial charge is 0.393 e. The molecular weight excluding hydrogens is 246 g/mol. The van der Waals surface area contributed by atoms with Gasteiger partial charge in [-0.2, -0.15) is 0 Å². The van der Waals surface area contributed by atoms with E-state index in [1.165, 1.54) is 11.8 Å². The summed E-state index contributed by atoms with van der Waals surface area (Å²) in [5.41, 5.74) is 5.84. The van der Waals surface area contributed by atoms with E-state index in [2.05, 4.69) is 5.10 Å². The molecule has 0 saturated carbocycles. The van der Waals surface area contributed by atoms with Gasteiger partial charge in [0.1, 0.15) is 5.69 Å². The topological polar surface area (TPSA) is 107 Å². The van der Waals surface area contributed by atoms with Gasteiger partial charge in [-0.25, -0.2) is 13.1 Å². The van der Waals surface area contributed by atoms with Crippen LogP contribution in [0, 0.1) is 0 Å². The molecule has 0 aliphatic carbocycles. The molecule has 8 heteroatoms. The maximum Gasteiger partial charge on any atom is 0.290 e. The molecule has 2 rings (SSSR count). The van der Waals surface area contributed by atoms with Gasteiger partial charge in [0.05, 0.1) is 29.8 Å². The summed E-state index contributed by atoms with van der Waals surface area (Å²) in [6.07, 6.45) is 0.439. The van der Waals surface area contributed by atoms with Crippen molar-refractivity contribution in [1.82, 2.24) is 9.78 Å². The Morgan fingerprint density at radius 3 is 2.82 bits per heavy atom. The van der Waals surface area contributed by atoms with E-state index in [-0.39, 0.29) is 35.4 Å². The molecule has 1 aliphatic heterocycles. The first-order valence-corrected chi connectivity index (χ1v) is 7.05. The van der Waals surface area contributed by atoms with Crippen LogP contribution in [0.25, 0.3) is 0 Å². The highest BCUT2D eigenvalue weighted by Gasteiger charge is 2.31. The van der Waals surface area contributed by atoms with Gasteiger partial charge in [-0.3, -0.25) is 9.89 Å². The summed E-state index contributed by atoms with van der Waals surface area (Å²) in [7, 11) is -1.53. The van der Waals surface area contributed by atoms with E-state index in [9.17, 15) is 13.2 Å². The number of nitrogens with two attached hydrogens (primary N) is 1. The number of nitrogen functional groups attached to an aromatic ring is 1. The first-order valence-electron chi connectivity index (χ1n) is 5.23. The monoisotopic (exact) mass is 261 g/mol. The van der Waals surface area contributed by atoms with Crippen molar-refractivity contribution >= 4 is 15.5 Å². The molecule has 2 heterocycles. The van der Waals surface area contributed by atoms with Gasteiger partial charge in [0.25, 0.3) is 5.56 Å². The molecule has 0 bridgehead atoms. The highest BCUT2D eigenvalue weighted by atomic mass is 32.2. The van der Waals surface area contributed by atoms with Crippen molar-refractivity contribution in [2.45, 2.75) is 19.1 Å². The molecule has 1 unspecified atom stereocenters. The summed E-state index contributed by atoms with van der Waals surface area (Å²) in [5.74, 6) is 0.0991. The molecule has 1 aromatic heterocycles. The Hall–Kier alpha value is -1.28. The fourth-order valence-electron chi connectivity index (χ4n) is 2.01. The van der Waals surface area contributed by atoms with E-state index in [0.717, 1.165) is 0 Å². The number of aromatic nitrogens is 2. The normalized spacial score (nSPS) is 23.0. The number of anilines is 1. The maximum absolute atomic E-state index is 11.8. The fourth-order valence-corrected chi connectivity index (χ4v) is 3.71. The highest BCUT2D eigenvalue weighted by molar-refractivity contribution is 7.91. The molecule has 0 spiro atoms. The van der Waals surface area contributed by atoms with Crippen molar-refractivity contribution < 1.29 is 13.2 Å². The van der Waals surface area contributed by atoms with Crippen LogP contribution in [0.3, 0.4) is 0 Å². The van der Waals surface area contributed by atoms with E-state index >= 15 is 0 Å². The lowest BCUT2D eigenvalue weighted by atomic mass is 10.3. The Bertz CT molecular complexity index is 572. The number of nitrogens with one attached hydrogen (secondary N) is 1. The number of hydrogen-bond donors (Lipinski definition) is 2. The summed E-state index contributed by atoms with van der Waals surface area (Å²) in [6.45, 7) is 0.202. The van der Waals surface area contributed by atoms with Crippen LogP contribution < -0.4 is 11.3 Å². The molecular formula is C9H15N3O4S. The smallest absolute Gasteiger partial charge is 0.290 e. The number of nitrogens with zero attached hydrogens (tertiary/aromatic N) is 1. The molecule has 0 aromatic carbocycles. The first-order chi connectivity index (χ1) is 7.94. The summed E-state index contributed by atoms with van der Waals surface area (Å²) in [4.78, 5) is 11.8. The van der Waals surface area contributed by atoms with Crippen LogP contribution in [0.5, 0.6) is 0 Å². The van der Waals surface area contributed by atoms with Gasteiger partial charge in [0, 0.05) is 7.11 Å². The van der Waals surface area contributed by atoms with Gasteiger partial charge in [0.15, 0.2) is 9.84 Å². The molecule has 1 aliphatic rings. The molecule has 17 heavy (non-hydrogen) atoms. The Morgan fingerprint density at radius 2 is 2.29 bits per heavy atom. The van der Waals surface area contributed by atoms with Gasteiger partial charge in [-0.15, -0.1) is 0 Å². The van der Waals surface area contributed by atoms with E-state index < -0.39 is 9.84 Å². The van der Waals surface area contributed by atoms with Crippen LogP contribution in [0.4, 0.5) is 5.69 Å². The molecule has 3 N–H and O–H groups in total. The zero-order valence-corrected chi connectivity index (χ0v) is 10.3. The van der Waals surface area contributed by atoms with Crippen LogP contribution in [0.15, 0.2) is 4.79 Å². The molecule has 0 radical (unpaired) electrons. The van der Waals surface area contributed by atoms with Gasteiger partial charge in [-0.05, 0) is 6.42 Å². The second-order valence-electron chi connectivity index (χ2n) is 4.17. The number of sulfone groups is 1. The number of hydrogen-bond acceptors (Lipinski definition) is 5. The quantitative estimate of drug-likeness (QED) is 0.745. The Labute approximate surface area is 98.5 Å². The van der Waals surface area contributed by atoms with Crippen molar-refractivity contribution in [3.05, 3.63) is 16.0 Å². The summed E-state index contributed by atoms with van der Waals surface area (Å²) in [5, 5.41) is 2.82. The van der Waals surface area contributed by atoms with Crippen molar-refractivity contribution in [3.63, 3.8) is 0 Å². The van der Waals surface area contributed by atoms with Gasteiger partial charge in [0.2, 0.25) is 0 Å². The predicted molar refractivity (Wildman–Crippen MR) is 62.5 cm³/mol. The number of methoxy groups -OCH3 is 1. The standard InChI is InChI=1S/C9H15N3O4S/c1-16-4-7-8(10)9(13)12(11-7)6-2-3-17(14,15)5-6/h6,11H,2-5,10H2,1H3. The van der Waals surface area contributed by atoms with E-state index in [1.54, 1.807) is 0 Å². The summed E-state index contributed by atoms with van der Waals surface area (Å²) in [6, 6.07) is -0.347. The van der Waals surface area contributed by atoms with Gasteiger partial charge in [-0.1, -0.05) is 0 Å². The molecule has 1 aromatic rings. The Balaban J connectivity index is 2.34. The number of ether oxygens (including phenoxy) is 1. The minimum absolute atomic E-state index is 0.0146. The molecule has 1 fully saturated rings. The fraction of sp³-hybridized carbons (Fsp3) is 0.667. The summed E-state index contributed by atoms with van der Waals surface area (Å²) >= 11 is 0. The molecule has 96 valence electrons. The predicted octanol–water partition coefficient (Wildman–Crippen LogP) is -0.735. The second kappa shape index (κ2) is 4.19. The number of aromatic amines is 1. The van der Waals surface area contributed by atoms with Crippen LogP contribution in [-0.4, -0.2) is 36.8 Å².